The molecule has 2 aromatic carbocycles. The molecule has 0 aliphatic carbocycles. The van der Waals surface area contributed by atoms with E-state index in [2.05, 4.69) is 22.6 Å². The van der Waals surface area contributed by atoms with Crippen LogP contribution in [0.5, 0.6) is 5.75 Å². The van der Waals surface area contributed by atoms with E-state index in [1.165, 1.54) is 0 Å². The van der Waals surface area contributed by atoms with Crippen LogP contribution in [0.25, 0.3) is 0 Å². The maximum atomic E-state index is 13.2. The van der Waals surface area contributed by atoms with Crippen molar-refractivity contribution in [2.24, 2.45) is 0 Å². The summed E-state index contributed by atoms with van der Waals surface area (Å²) >= 11 is 2.19. The molecule has 0 bridgehead atoms. The molecular formula is C20H19IN2O4. The Bertz CT molecular complexity index is 867. The highest BCUT2D eigenvalue weighted by Gasteiger charge is 2.36. The number of morpholine rings is 1. The second-order valence-corrected chi connectivity index (χ2v) is 7.68. The lowest BCUT2D eigenvalue weighted by Gasteiger charge is -2.37. The minimum atomic E-state index is -0.718. The zero-order chi connectivity index (χ0) is 18.8. The first kappa shape index (κ1) is 18.2. The molecule has 0 saturated carbocycles. The van der Waals surface area contributed by atoms with Crippen LogP contribution < -0.4 is 9.64 Å². The van der Waals surface area contributed by atoms with Gasteiger partial charge in [0.25, 0.3) is 11.8 Å². The van der Waals surface area contributed by atoms with Crippen molar-refractivity contribution in [3.63, 3.8) is 0 Å². The normalized spacial score (nSPS) is 19.2. The fourth-order valence-corrected chi connectivity index (χ4v) is 3.86. The highest BCUT2D eigenvalue weighted by Crippen LogP contribution is 2.34. The molecule has 7 heteroatoms. The molecule has 2 amide bonds. The Hall–Kier alpha value is -2.13. The molecule has 2 aromatic rings. The first-order chi connectivity index (χ1) is 13.1. The summed E-state index contributed by atoms with van der Waals surface area (Å²) in [6.07, 6.45) is -0.718. The van der Waals surface area contributed by atoms with Crippen molar-refractivity contribution in [2.45, 2.75) is 6.10 Å². The SMILES string of the molecule is O=C([C@@H]1CN(C(=O)c2cccc(I)c2)c2ccccc2O1)N1CCOCC1. The first-order valence-electron chi connectivity index (χ1n) is 8.83. The third kappa shape index (κ3) is 3.79. The van der Waals surface area contributed by atoms with Gasteiger partial charge in [0.2, 0.25) is 0 Å². The third-order valence-electron chi connectivity index (χ3n) is 4.69. The molecule has 2 heterocycles. The molecule has 140 valence electrons. The Labute approximate surface area is 171 Å². The van der Waals surface area contributed by atoms with Crippen molar-refractivity contribution in [2.75, 3.05) is 37.7 Å². The summed E-state index contributed by atoms with van der Waals surface area (Å²) in [5.41, 5.74) is 1.28. The fraction of sp³-hybridized carbons (Fsp3) is 0.300. The van der Waals surface area contributed by atoms with Crippen LogP contribution in [-0.4, -0.2) is 55.7 Å². The lowest BCUT2D eigenvalue weighted by atomic mass is 10.1. The average Bonchev–Trinajstić information content (AvgIpc) is 2.72. The predicted octanol–water partition coefficient (Wildman–Crippen LogP) is 2.56. The molecule has 1 atom stereocenters. The number of anilines is 1. The average molecular weight is 478 g/mol. The van der Waals surface area contributed by atoms with Crippen LogP contribution in [0.2, 0.25) is 0 Å². The molecule has 1 fully saturated rings. The van der Waals surface area contributed by atoms with E-state index in [-0.39, 0.29) is 18.4 Å². The second-order valence-electron chi connectivity index (χ2n) is 6.44. The summed E-state index contributed by atoms with van der Waals surface area (Å²) < 4.78 is 12.3. The molecule has 0 radical (unpaired) electrons. The van der Waals surface area contributed by atoms with Crippen LogP contribution >= 0.6 is 22.6 Å². The molecule has 6 nitrogen and oxygen atoms in total. The maximum Gasteiger partial charge on any atom is 0.265 e. The van der Waals surface area contributed by atoms with Crippen molar-refractivity contribution < 1.29 is 19.1 Å². The van der Waals surface area contributed by atoms with E-state index in [1.54, 1.807) is 21.9 Å². The number of fused-ring (bicyclic) bond motifs is 1. The predicted molar refractivity (Wildman–Crippen MR) is 109 cm³/mol. The molecule has 2 aliphatic rings. The van der Waals surface area contributed by atoms with Crippen LogP contribution in [-0.2, 0) is 9.53 Å². The minimum absolute atomic E-state index is 0.103. The monoisotopic (exact) mass is 478 g/mol. The topological polar surface area (TPSA) is 59.1 Å². The number of ether oxygens (including phenoxy) is 2. The lowest BCUT2D eigenvalue weighted by Crippen LogP contribution is -2.54. The number of amides is 2. The van der Waals surface area contributed by atoms with Crippen molar-refractivity contribution in [1.82, 2.24) is 4.90 Å². The Kier molecular flexibility index (Phi) is 5.31. The molecule has 0 spiro atoms. The van der Waals surface area contributed by atoms with Crippen LogP contribution in [0.1, 0.15) is 10.4 Å². The first-order valence-corrected chi connectivity index (χ1v) is 9.91. The maximum absolute atomic E-state index is 13.2. The Balaban J connectivity index is 1.64. The van der Waals surface area contributed by atoms with Gasteiger partial charge in [-0.1, -0.05) is 18.2 Å². The summed E-state index contributed by atoms with van der Waals surface area (Å²) in [5, 5.41) is 0. The van der Waals surface area contributed by atoms with Gasteiger partial charge in [0.05, 0.1) is 25.4 Å². The zero-order valence-corrected chi connectivity index (χ0v) is 16.8. The van der Waals surface area contributed by atoms with Gasteiger partial charge >= 0.3 is 0 Å². The van der Waals surface area contributed by atoms with Gasteiger partial charge in [-0.2, -0.15) is 0 Å². The quantitative estimate of drug-likeness (QED) is 0.623. The molecule has 0 aromatic heterocycles. The molecule has 0 N–H and O–H groups in total. The number of carbonyl (C=O) groups is 2. The van der Waals surface area contributed by atoms with E-state index < -0.39 is 6.10 Å². The summed E-state index contributed by atoms with van der Waals surface area (Å²) in [5.74, 6) is 0.312. The van der Waals surface area contributed by atoms with Gasteiger partial charge in [0, 0.05) is 22.2 Å². The van der Waals surface area contributed by atoms with Crippen molar-refractivity contribution in [1.29, 1.82) is 0 Å². The molecule has 0 unspecified atom stereocenters. The summed E-state index contributed by atoms with van der Waals surface area (Å²) in [4.78, 5) is 29.5. The molecule has 1 saturated heterocycles. The van der Waals surface area contributed by atoms with Crippen molar-refractivity contribution in [3.05, 3.63) is 57.7 Å². The zero-order valence-electron chi connectivity index (χ0n) is 14.6. The highest BCUT2D eigenvalue weighted by atomic mass is 127. The van der Waals surface area contributed by atoms with Gasteiger partial charge in [0.15, 0.2) is 6.10 Å². The number of nitrogens with zero attached hydrogens (tertiary/aromatic N) is 2. The summed E-state index contributed by atoms with van der Waals surface area (Å²) in [7, 11) is 0. The van der Waals surface area contributed by atoms with Crippen molar-refractivity contribution in [3.8, 4) is 5.75 Å². The Morgan fingerprint density at radius 1 is 1.04 bits per heavy atom. The van der Waals surface area contributed by atoms with Crippen LogP contribution in [0.15, 0.2) is 48.5 Å². The van der Waals surface area contributed by atoms with Gasteiger partial charge in [-0.3, -0.25) is 9.59 Å². The Morgan fingerprint density at radius 2 is 1.81 bits per heavy atom. The van der Waals surface area contributed by atoms with E-state index in [9.17, 15) is 9.59 Å². The smallest absolute Gasteiger partial charge is 0.265 e. The number of hydrogen-bond donors (Lipinski definition) is 0. The van der Waals surface area contributed by atoms with Gasteiger partial charge in [-0.25, -0.2) is 0 Å². The molecular weight excluding hydrogens is 459 g/mol. The lowest BCUT2D eigenvalue weighted by molar-refractivity contribution is -0.142. The van der Waals surface area contributed by atoms with E-state index >= 15 is 0 Å². The van der Waals surface area contributed by atoms with Crippen LogP contribution in [0, 0.1) is 3.57 Å². The molecule has 4 rings (SSSR count). The van der Waals surface area contributed by atoms with E-state index in [0.717, 1.165) is 3.57 Å². The largest absolute Gasteiger partial charge is 0.476 e. The summed E-state index contributed by atoms with van der Waals surface area (Å²) in [6.45, 7) is 2.34. The number of carbonyl (C=O) groups excluding carboxylic acids is 2. The van der Waals surface area contributed by atoms with Gasteiger partial charge < -0.3 is 19.3 Å². The van der Waals surface area contributed by atoms with Crippen LogP contribution in [0.4, 0.5) is 5.69 Å². The van der Waals surface area contributed by atoms with Gasteiger partial charge in [0.1, 0.15) is 5.75 Å². The van der Waals surface area contributed by atoms with Gasteiger partial charge in [-0.05, 0) is 52.9 Å². The number of hydrogen-bond acceptors (Lipinski definition) is 4. The van der Waals surface area contributed by atoms with Crippen LogP contribution in [0.3, 0.4) is 0 Å². The number of benzene rings is 2. The van der Waals surface area contributed by atoms with E-state index in [4.69, 9.17) is 9.47 Å². The highest BCUT2D eigenvalue weighted by molar-refractivity contribution is 14.1. The fourth-order valence-electron chi connectivity index (χ4n) is 3.32. The second kappa shape index (κ2) is 7.85. The number of para-hydroxylation sites is 2. The van der Waals surface area contributed by atoms with E-state index in [0.29, 0.717) is 43.3 Å². The molecule has 27 heavy (non-hydrogen) atoms. The Morgan fingerprint density at radius 3 is 2.59 bits per heavy atom. The summed E-state index contributed by atoms with van der Waals surface area (Å²) in [6, 6.07) is 14.8. The minimum Gasteiger partial charge on any atom is -0.476 e. The number of halogens is 1. The van der Waals surface area contributed by atoms with Crippen molar-refractivity contribution >= 4 is 40.1 Å². The van der Waals surface area contributed by atoms with Gasteiger partial charge in [-0.15, -0.1) is 0 Å². The standard InChI is InChI=1S/C20H19IN2O4/c21-15-5-3-4-14(12-15)19(24)23-13-18(20(25)22-8-10-26-11-9-22)27-17-7-2-1-6-16(17)23/h1-7,12,18H,8-11,13H2/t18-/m0/s1. The third-order valence-corrected chi connectivity index (χ3v) is 5.36. The van der Waals surface area contributed by atoms with E-state index in [1.807, 2.05) is 36.4 Å². The molecule has 2 aliphatic heterocycles. The number of rotatable bonds is 2.